The van der Waals surface area contributed by atoms with Crippen LogP contribution in [0.4, 0.5) is 5.69 Å². The maximum Gasteiger partial charge on any atom is 0.152 e. The zero-order valence-electron chi connectivity index (χ0n) is 10.7. The van der Waals surface area contributed by atoms with E-state index in [-0.39, 0.29) is 17.5 Å². The summed E-state index contributed by atoms with van der Waals surface area (Å²) in [5, 5.41) is 12.3. The number of benzene rings is 1. The average Bonchev–Trinajstić information content (AvgIpc) is 2.38. The normalized spacial score (nSPS) is 21.4. The van der Waals surface area contributed by atoms with Gasteiger partial charge in [-0.3, -0.25) is 0 Å². The molecule has 1 unspecified atom stereocenters. The molecule has 1 N–H and O–H groups in total. The van der Waals surface area contributed by atoms with E-state index >= 15 is 0 Å². The van der Waals surface area contributed by atoms with Crippen molar-refractivity contribution in [1.82, 2.24) is 0 Å². The fourth-order valence-corrected chi connectivity index (χ4v) is 3.92. The predicted molar refractivity (Wildman–Crippen MR) is 73.0 cm³/mol. The predicted octanol–water partition coefficient (Wildman–Crippen LogP) is 1.56. The van der Waals surface area contributed by atoms with Crippen molar-refractivity contribution in [2.75, 3.05) is 23.9 Å². The van der Waals surface area contributed by atoms with Crippen LogP contribution in [0, 0.1) is 11.3 Å². The molecule has 0 radical (unpaired) electrons. The molecule has 0 spiro atoms. The SMILES string of the molecule is COc1cccc(C#N)c1NC1CCCS(=O)(=O)C1. The third-order valence-electron chi connectivity index (χ3n) is 3.18. The third kappa shape index (κ3) is 3.18. The van der Waals surface area contributed by atoms with Crippen molar-refractivity contribution in [3.63, 3.8) is 0 Å². The van der Waals surface area contributed by atoms with Gasteiger partial charge in [-0.05, 0) is 25.0 Å². The van der Waals surface area contributed by atoms with Gasteiger partial charge in [-0.1, -0.05) is 6.07 Å². The minimum absolute atomic E-state index is 0.107. The van der Waals surface area contributed by atoms with Gasteiger partial charge < -0.3 is 10.1 Å². The summed E-state index contributed by atoms with van der Waals surface area (Å²) in [7, 11) is -1.45. The van der Waals surface area contributed by atoms with Gasteiger partial charge in [-0.25, -0.2) is 8.42 Å². The molecule has 1 fully saturated rings. The van der Waals surface area contributed by atoms with E-state index in [1.54, 1.807) is 18.2 Å². The molecule has 0 aliphatic carbocycles. The lowest BCUT2D eigenvalue weighted by Gasteiger charge is -2.25. The van der Waals surface area contributed by atoms with Crippen molar-refractivity contribution in [3.8, 4) is 11.8 Å². The lowest BCUT2D eigenvalue weighted by molar-refractivity contribution is 0.415. The van der Waals surface area contributed by atoms with Gasteiger partial charge in [0.05, 0.1) is 29.9 Å². The minimum Gasteiger partial charge on any atom is -0.495 e. The Labute approximate surface area is 113 Å². The topological polar surface area (TPSA) is 79.2 Å². The van der Waals surface area contributed by atoms with E-state index in [1.807, 2.05) is 0 Å². The van der Waals surface area contributed by atoms with Crippen LogP contribution >= 0.6 is 0 Å². The number of nitriles is 1. The van der Waals surface area contributed by atoms with E-state index < -0.39 is 9.84 Å². The molecule has 1 aromatic rings. The highest BCUT2D eigenvalue weighted by Crippen LogP contribution is 2.30. The highest BCUT2D eigenvalue weighted by molar-refractivity contribution is 7.91. The monoisotopic (exact) mass is 280 g/mol. The number of hydrogen-bond acceptors (Lipinski definition) is 5. The third-order valence-corrected chi connectivity index (χ3v) is 5.00. The van der Waals surface area contributed by atoms with Crippen LogP contribution in [-0.2, 0) is 9.84 Å². The van der Waals surface area contributed by atoms with Crippen LogP contribution in [0.3, 0.4) is 0 Å². The van der Waals surface area contributed by atoms with Crippen molar-refractivity contribution >= 4 is 15.5 Å². The number of anilines is 1. The van der Waals surface area contributed by atoms with Crippen LogP contribution in [0.1, 0.15) is 18.4 Å². The summed E-state index contributed by atoms with van der Waals surface area (Å²) in [6, 6.07) is 7.09. The summed E-state index contributed by atoms with van der Waals surface area (Å²) in [6.45, 7) is 0. The van der Waals surface area contributed by atoms with Crippen molar-refractivity contribution in [3.05, 3.63) is 23.8 Å². The fourth-order valence-electron chi connectivity index (χ4n) is 2.28. The molecule has 1 heterocycles. The molecule has 1 aliphatic rings. The van der Waals surface area contributed by atoms with Crippen LogP contribution in [0.2, 0.25) is 0 Å². The summed E-state index contributed by atoms with van der Waals surface area (Å²) in [6.07, 6.45) is 1.43. The first-order valence-electron chi connectivity index (χ1n) is 6.10. The highest BCUT2D eigenvalue weighted by atomic mass is 32.2. The molecule has 19 heavy (non-hydrogen) atoms. The molecule has 0 bridgehead atoms. The standard InChI is InChI=1S/C13H16N2O3S/c1-18-12-6-2-4-10(8-14)13(12)15-11-5-3-7-19(16,17)9-11/h2,4,6,11,15H,3,5,7,9H2,1H3. The van der Waals surface area contributed by atoms with E-state index in [1.165, 1.54) is 7.11 Å². The van der Waals surface area contributed by atoms with Gasteiger partial charge in [-0.2, -0.15) is 5.26 Å². The first-order chi connectivity index (χ1) is 9.05. The highest BCUT2D eigenvalue weighted by Gasteiger charge is 2.25. The van der Waals surface area contributed by atoms with Gasteiger partial charge in [0.2, 0.25) is 0 Å². The number of rotatable bonds is 3. The van der Waals surface area contributed by atoms with Gasteiger partial charge in [-0.15, -0.1) is 0 Å². The number of hydrogen-bond donors (Lipinski definition) is 1. The van der Waals surface area contributed by atoms with Crippen molar-refractivity contribution < 1.29 is 13.2 Å². The van der Waals surface area contributed by atoms with Crippen LogP contribution in [0.5, 0.6) is 5.75 Å². The molecule has 1 saturated heterocycles. The molecule has 2 rings (SSSR count). The second-order valence-corrected chi connectivity index (χ2v) is 6.82. The molecule has 1 atom stereocenters. The molecular formula is C13H16N2O3S. The summed E-state index contributed by atoms with van der Waals surface area (Å²) in [5.41, 5.74) is 1.04. The van der Waals surface area contributed by atoms with Crippen molar-refractivity contribution in [2.24, 2.45) is 0 Å². The van der Waals surface area contributed by atoms with E-state index in [2.05, 4.69) is 11.4 Å². The number of para-hydroxylation sites is 1. The Morgan fingerprint density at radius 2 is 2.26 bits per heavy atom. The largest absolute Gasteiger partial charge is 0.495 e. The zero-order valence-corrected chi connectivity index (χ0v) is 11.5. The first kappa shape index (κ1) is 13.7. The van der Waals surface area contributed by atoms with Crippen LogP contribution < -0.4 is 10.1 Å². The lowest BCUT2D eigenvalue weighted by Crippen LogP contribution is -2.35. The number of nitrogens with zero attached hydrogens (tertiary/aromatic N) is 1. The maximum atomic E-state index is 11.6. The van der Waals surface area contributed by atoms with Crippen LogP contribution in [-0.4, -0.2) is 33.1 Å². The van der Waals surface area contributed by atoms with Gasteiger partial charge >= 0.3 is 0 Å². The molecule has 5 nitrogen and oxygen atoms in total. The van der Waals surface area contributed by atoms with Crippen molar-refractivity contribution in [1.29, 1.82) is 5.26 Å². The number of methoxy groups -OCH3 is 1. The second kappa shape index (κ2) is 5.49. The number of nitrogens with one attached hydrogen (secondary N) is 1. The first-order valence-corrected chi connectivity index (χ1v) is 7.92. The molecule has 0 amide bonds. The van der Waals surface area contributed by atoms with Gasteiger partial charge in [0.1, 0.15) is 11.8 Å². The number of sulfone groups is 1. The minimum atomic E-state index is -2.98. The molecule has 0 saturated carbocycles. The Hall–Kier alpha value is -1.74. The molecule has 102 valence electrons. The average molecular weight is 280 g/mol. The van der Waals surface area contributed by atoms with E-state index in [9.17, 15) is 8.42 Å². The van der Waals surface area contributed by atoms with E-state index in [0.29, 0.717) is 23.4 Å². The summed E-state index contributed by atoms with van der Waals surface area (Å²) in [4.78, 5) is 0. The Balaban J connectivity index is 2.26. The molecule has 0 aromatic heterocycles. The smallest absolute Gasteiger partial charge is 0.152 e. The van der Waals surface area contributed by atoms with E-state index in [4.69, 9.17) is 10.00 Å². The van der Waals surface area contributed by atoms with Gasteiger partial charge in [0.15, 0.2) is 9.84 Å². The fraction of sp³-hybridized carbons (Fsp3) is 0.462. The molecule has 6 heteroatoms. The van der Waals surface area contributed by atoms with E-state index in [0.717, 1.165) is 6.42 Å². The summed E-state index contributed by atoms with van der Waals surface area (Å²) < 4.78 is 28.5. The summed E-state index contributed by atoms with van der Waals surface area (Å²) in [5.74, 6) is 0.917. The second-order valence-electron chi connectivity index (χ2n) is 4.59. The Bertz CT molecular complexity index is 605. The Morgan fingerprint density at radius 3 is 2.89 bits per heavy atom. The van der Waals surface area contributed by atoms with Crippen molar-refractivity contribution in [2.45, 2.75) is 18.9 Å². The molecule has 1 aliphatic heterocycles. The Kier molecular flexibility index (Phi) is 3.96. The summed E-state index contributed by atoms with van der Waals surface area (Å²) >= 11 is 0. The van der Waals surface area contributed by atoms with Gasteiger partial charge in [0, 0.05) is 6.04 Å². The quantitative estimate of drug-likeness (QED) is 0.909. The lowest BCUT2D eigenvalue weighted by atomic mass is 10.1. The van der Waals surface area contributed by atoms with Crippen LogP contribution in [0.15, 0.2) is 18.2 Å². The van der Waals surface area contributed by atoms with Gasteiger partial charge in [0.25, 0.3) is 0 Å². The molecule has 1 aromatic carbocycles. The Morgan fingerprint density at radius 1 is 1.47 bits per heavy atom. The number of ether oxygens (including phenoxy) is 1. The maximum absolute atomic E-state index is 11.6. The zero-order chi connectivity index (χ0) is 13.9. The van der Waals surface area contributed by atoms with Crippen LogP contribution in [0.25, 0.3) is 0 Å². The molecular weight excluding hydrogens is 264 g/mol.